The molecular formula is C9H14O3S. The third kappa shape index (κ3) is 2.11. The minimum Gasteiger partial charge on any atom is -0.266 e. The molecule has 0 saturated heterocycles. The maximum atomic E-state index is 11.2. The molecule has 0 amide bonds. The summed E-state index contributed by atoms with van der Waals surface area (Å²) in [4.78, 5) is 0. The van der Waals surface area contributed by atoms with Gasteiger partial charge < -0.3 is 0 Å². The van der Waals surface area contributed by atoms with Gasteiger partial charge in [-0.05, 0) is 18.8 Å². The monoisotopic (exact) mass is 202 g/mol. The minimum atomic E-state index is -3.24. The second kappa shape index (κ2) is 3.42. The summed E-state index contributed by atoms with van der Waals surface area (Å²) in [5.74, 6) is 0.635. The molecule has 0 aromatic heterocycles. The zero-order valence-electron chi connectivity index (χ0n) is 7.53. The van der Waals surface area contributed by atoms with Gasteiger partial charge in [0.2, 0.25) is 0 Å². The van der Waals surface area contributed by atoms with Gasteiger partial charge in [-0.3, -0.25) is 4.18 Å². The molecule has 0 atom stereocenters. The van der Waals surface area contributed by atoms with E-state index in [9.17, 15) is 8.42 Å². The molecule has 2 aliphatic rings. The second-order valence-electron chi connectivity index (χ2n) is 3.75. The highest BCUT2D eigenvalue weighted by atomic mass is 32.2. The quantitative estimate of drug-likeness (QED) is 0.477. The molecule has 1 aliphatic heterocycles. The molecule has 4 heteroatoms. The largest absolute Gasteiger partial charge is 0.271 e. The molecule has 0 N–H and O–H groups in total. The Bertz CT molecular complexity index is 310. The van der Waals surface area contributed by atoms with Crippen LogP contribution in [0.3, 0.4) is 0 Å². The van der Waals surface area contributed by atoms with Crippen LogP contribution in [0, 0.1) is 5.92 Å². The maximum Gasteiger partial charge on any atom is 0.271 e. The molecule has 0 bridgehead atoms. The van der Waals surface area contributed by atoms with Gasteiger partial charge >= 0.3 is 0 Å². The highest BCUT2D eigenvalue weighted by molar-refractivity contribution is 7.86. The Morgan fingerprint density at radius 2 is 2.00 bits per heavy atom. The Balaban J connectivity index is 2.11. The molecule has 0 unspecified atom stereocenters. The maximum absolute atomic E-state index is 11.2. The lowest BCUT2D eigenvalue weighted by molar-refractivity contribution is 0.348. The third-order valence-electron chi connectivity index (χ3n) is 2.82. The Morgan fingerprint density at radius 1 is 1.31 bits per heavy atom. The van der Waals surface area contributed by atoms with Gasteiger partial charge in [0.05, 0.1) is 12.4 Å². The van der Waals surface area contributed by atoms with E-state index in [-0.39, 0.29) is 12.4 Å². The number of rotatable bonds is 1. The van der Waals surface area contributed by atoms with E-state index in [1.54, 1.807) is 0 Å². The molecule has 1 aliphatic carbocycles. The van der Waals surface area contributed by atoms with Crippen LogP contribution < -0.4 is 0 Å². The summed E-state index contributed by atoms with van der Waals surface area (Å²) in [6.07, 6.45) is 6.73. The molecule has 0 aromatic rings. The Kier molecular flexibility index (Phi) is 2.43. The zero-order chi connectivity index (χ0) is 9.31. The summed E-state index contributed by atoms with van der Waals surface area (Å²) in [6, 6.07) is 0. The average molecular weight is 202 g/mol. The van der Waals surface area contributed by atoms with Crippen molar-refractivity contribution in [2.75, 3.05) is 12.4 Å². The van der Waals surface area contributed by atoms with Gasteiger partial charge in [-0.25, -0.2) is 0 Å². The van der Waals surface area contributed by atoms with Crippen LogP contribution in [0.15, 0.2) is 11.6 Å². The smallest absolute Gasteiger partial charge is 0.266 e. The van der Waals surface area contributed by atoms with E-state index in [0.29, 0.717) is 5.92 Å². The van der Waals surface area contributed by atoms with Crippen molar-refractivity contribution in [2.45, 2.75) is 25.7 Å². The molecule has 0 aromatic carbocycles. The first-order chi connectivity index (χ1) is 6.17. The van der Waals surface area contributed by atoms with Crippen LogP contribution in [0.2, 0.25) is 0 Å². The van der Waals surface area contributed by atoms with Crippen molar-refractivity contribution in [1.82, 2.24) is 0 Å². The van der Waals surface area contributed by atoms with Gasteiger partial charge in [0.1, 0.15) is 0 Å². The van der Waals surface area contributed by atoms with E-state index in [2.05, 4.69) is 4.18 Å². The SMILES string of the molecule is O=S1(=O)CC(C2CCCC2)=CCO1. The zero-order valence-corrected chi connectivity index (χ0v) is 8.35. The summed E-state index contributed by atoms with van der Waals surface area (Å²) in [6.45, 7) is 0.244. The van der Waals surface area contributed by atoms with Crippen molar-refractivity contribution in [3.63, 3.8) is 0 Å². The number of hydrogen-bond acceptors (Lipinski definition) is 3. The van der Waals surface area contributed by atoms with Crippen LogP contribution in [0.1, 0.15) is 25.7 Å². The Morgan fingerprint density at radius 3 is 2.62 bits per heavy atom. The van der Waals surface area contributed by atoms with Crippen molar-refractivity contribution >= 4 is 10.1 Å². The minimum absolute atomic E-state index is 0.123. The van der Waals surface area contributed by atoms with Crippen LogP contribution in [0.5, 0.6) is 0 Å². The predicted molar refractivity (Wildman–Crippen MR) is 49.8 cm³/mol. The lowest BCUT2D eigenvalue weighted by atomic mass is 9.99. The molecule has 0 spiro atoms. The fraction of sp³-hybridized carbons (Fsp3) is 0.778. The van der Waals surface area contributed by atoms with Gasteiger partial charge in [-0.1, -0.05) is 24.5 Å². The lowest BCUT2D eigenvalue weighted by Gasteiger charge is -2.18. The first kappa shape index (κ1) is 9.21. The molecule has 1 saturated carbocycles. The summed E-state index contributed by atoms with van der Waals surface area (Å²) in [5, 5.41) is 0. The summed E-state index contributed by atoms with van der Waals surface area (Å²) >= 11 is 0. The van der Waals surface area contributed by atoms with Crippen molar-refractivity contribution in [1.29, 1.82) is 0 Å². The fourth-order valence-corrected chi connectivity index (χ4v) is 3.25. The standard InChI is InChI=1S/C9H14O3S/c10-13(11)7-9(5-6-12-13)8-3-1-2-4-8/h5,8H,1-4,6-7H2. The van der Waals surface area contributed by atoms with E-state index in [1.165, 1.54) is 12.8 Å². The van der Waals surface area contributed by atoms with Crippen LogP contribution in [0.25, 0.3) is 0 Å². The summed E-state index contributed by atoms with van der Waals surface area (Å²) < 4.78 is 27.0. The summed E-state index contributed by atoms with van der Waals surface area (Å²) in [7, 11) is -3.24. The van der Waals surface area contributed by atoms with Crippen molar-refractivity contribution in [3.05, 3.63) is 11.6 Å². The molecule has 13 heavy (non-hydrogen) atoms. The van der Waals surface area contributed by atoms with Crippen molar-refractivity contribution in [3.8, 4) is 0 Å². The van der Waals surface area contributed by atoms with Gasteiger partial charge in [-0.15, -0.1) is 0 Å². The van der Waals surface area contributed by atoms with E-state index in [0.717, 1.165) is 18.4 Å². The molecule has 1 fully saturated rings. The molecule has 0 radical (unpaired) electrons. The average Bonchev–Trinajstić information content (AvgIpc) is 2.53. The predicted octanol–water partition coefficient (Wildman–Crippen LogP) is 1.46. The highest BCUT2D eigenvalue weighted by Gasteiger charge is 2.26. The normalized spacial score (nSPS) is 28.8. The van der Waals surface area contributed by atoms with Gasteiger partial charge in [0.15, 0.2) is 0 Å². The highest BCUT2D eigenvalue weighted by Crippen LogP contribution is 2.32. The van der Waals surface area contributed by atoms with E-state index >= 15 is 0 Å². The van der Waals surface area contributed by atoms with E-state index in [1.807, 2.05) is 6.08 Å². The second-order valence-corrected chi connectivity index (χ2v) is 5.39. The Labute approximate surface area is 78.9 Å². The van der Waals surface area contributed by atoms with Crippen LogP contribution in [-0.2, 0) is 14.3 Å². The molecule has 3 nitrogen and oxygen atoms in total. The lowest BCUT2D eigenvalue weighted by Crippen LogP contribution is -2.21. The van der Waals surface area contributed by atoms with Crippen LogP contribution in [-0.4, -0.2) is 20.8 Å². The molecule has 2 rings (SSSR count). The molecule has 74 valence electrons. The third-order valence-corrected chi connectivity index (χ3v) is 4.00. The number of hydrogen-bond donors (Lipinski definition) is 0. The molecule has 1 heterocycles. The van der Waals surface area contributed by atoms with Gasteiger partial charge in [0.25, 0.3) is 10.1 Å². The van der Waals surface area contributed by atoms with Crippen molar-refractivity contribution in [2.24, 2.45) is 5.92 Å². The molecular weight excluding hydrogens is 188 g/mol. The van der Waals surface area contributed by atoms with E-state index in [4.69, 9.17) is 0 Å². The van der Waals surface area contributed by atoms with Crippen LogP contribution in [0.4, 0.5) is 0 Å². The van der Waals surface area contributed by atoms with Crippen molar-refractivity contribution < 1.29 is 12.6 Å². The Hall–Kier alpha value is -0.350. The van der Waals surface area contributed by atoms with E-state index < -0.39 is 10.1 Å². The van der Waals surface area contributed by atoms with Crippen LogP contribution >= 0.6 is 0 Å². The topological polar surface area (TPSA) is 43.4 Å². The summed E-state index contributed by atoms with van der Waals surface area (Å²) in [5.41, 5.74) is 1.09. The first-order valence-corrected chi connectivity index (χ1v) is 6.31. The van der Waals surface area contributed by atoms with Gasteiger partial charge in [0, 0.05) is 0 Å². The fourth-order valence-electron chi connectivity index (χ4n) is 2.13. The van der Waals surface area contributed by atoms with Gasteiger partial charge in [-0.2, -0.15) is 8.42 Å². The first-order valence-electron chi connectivity index (χ1n) is 4.73.